The maximum atomic E-state index is 11.2. The number of halogens is 1. The van der Waals surface area contributed by atoms with E-state index >= 15 is 0 Å². The summed E-state index contributed by atoms with van der Waals surface area (Å²) in [7, 11) is 1.84. The lowest BCUT2D eigenvalue weighted by atomic mass is 10.1. The molecule has 0 aliphatic heterocycles. The highest BCUT2D eigenvalue weighted by Crippen LogP contribution is 2.26. The van der Waals surface area contributed by atoms with Gasteiger partial charge in [-0.15, -0.1) is 0 Å². The zero-order valence-electron chi connectivity index (χ0n) is 10.6. The summed E-state index contributed by atoms with van der Waals surface area (Å²) in [4.78, 5) is 11.2. The Labute approximate surface area is 119 Å². The first kappa shape index (κ1) is 13.6. The molecule has 0 saturated heterocycles. The van der Waals surface area contributed by atoms with E-state index in [-0.39, 0.29) is 5.56 Å². The second kappa shape index (κ2) is 5.44. The van der Waals surface area contributed by atoms with Crippen LogP contribution in [0.15, 0.2) is 28.9 Å². The lowest BCUT2D eigenvalue weighted by Crippen LogP contribution is -2.03. The smallest absolute Gasteiger partial charge is 0.337 e. The Hall–Kier alpha value is -1.82. The van der Waals surface area contributed by atoms with Gasteiger partial charge in [0.15, 0.2) is 0 Å². The van der Waals surface area contributed by atoms with Crippen molar-refractivity contribution in [3.05, 3.63) is 40.1 Å². The SMILES string of the molecule is CCc1nn(C)cc1Nc1ccc(Br)cc1C(=O)O. The van der Waals surface area contributed by atoms with Crippen LogP contribution in [-0.2, 0) is 13.5 Å². The van der Waals surface area contributed by atoms with Gasteiger partial charge in [-0.25, -0.2) is 4.79 Å². The summed E-state index contributed by atoms with van der Waals surface area (Å²) in [6.07, 6.45) is 2.62. The normalized spacial score (nSPS) is 10.5. The molecule has 1 aromatic carbocycles. The van der Waals surface area contributed by atoms with Gasteiger partial charge >= 0.3 is 5.97 Å². The summed E-state index contributed by atoms with van der Waals surface area (Å²) in [5.74, 6) is -0.967. The number of hydrogen-bond donors (Lipinski definition) is 2. The third-order valence-electron chi connectivity index (χ3n) is 2.72. The van der Waals surface area contributed by atoms with Crippen molar-refractivity contribution in [1.29, 1.82) is 0 Å². The monoisotopic (exact) mass is 323 g/mol. The average molecular weight is 324 g/mol. The zero-order chi connectivity index (χ0) is 14.0. The Morgan fingerprint density at radius 2 is 2.21 bits per heavy atom. The van der Waals surface area contributed by atoms with Crippen LogP contribution in [0.2, 0.25) is 0 Å². The first-order valence-corrected chi connectivity index (χ1v) is 6.63. The number of carboxylic acid groups (broad SMARTS) is 1. The fourth-order valence-corrected chi connectivity index (χ4v) is 2.21. The molecule has 0 spiro atoms. The number of nitrogens with zero attached hydrogens (tertiary/aromatic N) is 2. The summed E-state index contributed by atoms with van der Waals surface area (Å²) in [5.41, 5.74) is 2.51. The molecule has 0 aliphatic carbocycles. The molecule has 5 nitrogen and oxygen atoms in total. The number of rotatable bonds is 4. The molecule has 2 rings (SSSR count). The summed E-state index contributed by atoms with van der Waals surface area (Å²) in [5, 5.41) is 16.7. The topological polar surface area (TPSA) is 67.2 Å². The standard InChI is InChI=1S/C13H14BrN3O2/c1-3-10-12(7-17(2)16-10)15-11-5-4-8(14)6-9(11)13(18)19/h4-7,15H,3H2,1-2H3,(H,18,19). The van der Waals surface area contributed by atoms with E-state index in [4.69, 9.17) is 0 Å². The molecule has 0 unspecified atom stereocenters. The molecule has 100 valence electrons. The average Bonchev–Trinajstić information content (AvgIpc) is 2.71. The molecule has 0 atom stereocenters. The van der Waals surface area contributed by atoms with E-state index in [2.05, 4.69) is 26.3 Å². The Balaban J connectivity index is 2.40. The van der Waals surface area contributed by atoms with Crippen LogP contribution in [-0.4, -0.2) is 20.9 Å². The molecule has 0 aliphatic rings. The van der Waals surface area contributed by atoms with Crippen molar-refractivity contribution < 1.29 is 9.90 Å². The van der Waals surface area contributed by atoms with Gasteiger partial charge in [-0.1, -0.05) is 22.9 Å². The van der Waals surface area contributed by atoms with Crippen LogP contribution in [0.5, 0.6) is 0 Å². The summed E-state index contributed by atoms with van der Waals surface area (Å²) >= 11 is 3.27. The maximum absolute atomic E-state index is 11.2. The highest BCUT2D eigenvalue weighted by atomic mass is 79.9. The van der Waals surface area contributed by atoms with Crippen molar-refractivity contribution in [3.8, 4) is 0 Å². The lowest BCUT2D eigenvalue weighted by Gasteiger charge is -2.09. The van der Waals surface area contributed by atoms with Crippen molar-refractivity contribution in [2.24, 2.45) is 7.05 Å². The van der Waals surface area contributed by atoms with Gasteiger partial charge in [-0.2, -0.15) is 5.10 Å². The fraction of sp³-hybridized carbons (Fsp3) is 0.231. The summed E-state index contributed by atoms with van der Waals surface area (Å²) in [6, 6.07) is 5.11. The first-order valence-electron chi connectivity index (χ1n) is 5.83. The Morgan fingerprint density at radius 1 is 1.47 bits per heavy atom. The number of aryl methyl sites for hydroxylation is 2. The van der Waals surface area contributed by atoms with Crippen LogP contribution in [0.4, 0.5) is 11.4 Å². The second-order valence-electron chi connectivity index (χ2n) is 4.14. The number of aromatic nitrogens is 2. The van der Waals surface area contributed by atoms with E-state index in [1.807, 2.05) is 20.2 Å². The molecule has 0 radical (unpaired) electrons. The van der Waals surface area contributed by atoms with Gasteiger partial charge in [0, 0.05) is 17.7 Å². The highest BCUT2D eigenvalue weighted by Gasteiger charge is 2.13. The summed E-state index contributed by atoms with van der Waals surface area (Å²) < 4.78 is 2.44. The molecule has 0 bridgehead atoms. The minimum atomic E-state index is -0.967. The van der Waals surface area contributed by atoms with Gasteiger partial charge in [0.05, 0.1) is 22.6 Å². The van der Waals surface area contributed by atoms with Gasteiger partial charge < -0.3 is 10.4 Å². The number of carboxylic acids is 1. The van der Waals surface area contributed by atoms with Gasteiger partial charge in [-0.3, -0.25) is 4.68 Å². The third-order valence-corrected chi connectivity index (χ3v) is 3.21. The molecular weight excluding hydrogens is 310 g/mol. The van der Waals surface area contributed by atoms with Crippen molar-refractivity contribution in [2.75, 3.05) is 5.32 Å². The van der Waals surface area contributed by atoms with Gasteiger partial charge in [0.1, 0.15) is 0 Å². The quantitative estimate of drug-likeness (QED) is 0.906. The number of nitrogens with one attached hydrogen (secondary N) is 1. The lowest BCUT2D eigenvalue weighted by molar-refractivity contribution is 0.0698. The maximum Gasteiger partial charge on any atom is 0.337 e. The fourth-order valence-electron chi connectivity index (χ4n) is 1.85. The Kier molecular flexibility index (Phi) is 3.90. The van der Waals surface area contributed by atoms with Gasteiger partial charge in [-0.05, 0) is 24.6 Å². The van der Waals surface area contributed by atoms with E-state index in [1.54, 1.807) is 22.9 Å². The van der Waals surface area contributed by atoms with Crippen LogP contribution in [0, 0.1) is 0 Å². The molecule has 19 heavy (non-hydrogen) atoms. The van der Waals surface area contributed by atoms with E-state index in [0.29, 0.717) is 5.69 Å². The van der Waals surface area contributed by atoms with E-state index < -0.39 is 5.97 Å². The van der Waals surface area contributed by atoms with Crippen LogP contribution in [0.25, 0.3) is 0 Å². The molecule has 6 heteroatoms. The number of hydrogen-bond acceptors (Lipinski definition) is 3. The summed E-state index contributed by atoms with van der Waals surface area (Å²) in [6.45, 7) is 2.01. The molecule has 2 aromatic rings. The second-order valence-corrected chi connectivity index (χ2v) is 5.05. The van der Waals surface area contributed by atoms with Crippen molar-refractivity contribution >= 4 is 33.3 Å². The minimum absolute atomic E-state index is 0.222. The number of carbonyl (C=O) groups is 1. The molecule has 2 N–H and O–H groups in total. The van der Waals surface area contributed by atoms with Crippen LogP contribution >= 0.6 is 15.9 Å². The minimum Gasteiger partial charge on any atom is -0.478 e. The van der Waals surface area contributed by atoms with E-state index in [1.165, 1.54) is 0 Å². The van der Waals surface area contributed by atoms with E-state index in [0.717, 1.165) is 22.3 Å². The molecule has 1 aromatic heterocycles. The Morgan fingerprint density at radius 3 is 2.84 bits per heavy atom. The third kappa shape index (κ3) is 2.96. The number of anilines is 2. The van der Waals surface area contributed by atoms with Gasteiger partial charge in [0.2, 0.25) is 0 Å². The predicted octanol–water partition coefficient (Wildman–Crippen LogP) is 3.19. The molecular formula is C13H14BrN3O2. The molecule has 0 fully saturated rings. The zero-order valence-corrected chi connectivity index (χ0v) is 12.2. The van der Waals surface area contributed by atoms with Crippen molar-refractivity contribution in [3.63, 3.8) is 0 Å². The van der Waals surface area contributed by atoms with Crippen LogP contribution in [0.3, 0.4) is 0 Å². The van der Waals surface area contributed by atoms with Crippen molar-refractivity contribution in [2.45, 2.75) is 13.3 Å². The number of aromatic carboxylic acids is 1. The van der Waals surface area contributed by atoms with Crippen molar-refractivity contribution in [1.82, 2.24) is 9.78 Å². The molecule has 1 heterocycles. The molecule has 0 amide bonds. The van der Waals surface area contributed by atoms with Crippen LogP contribution < -0.4 is 5.32 Å². The van der Waals surface area contributed by atoms with E-state index in [9.17, 15) is 9.90 Å². The Bertz CT molecular complexity index is 622. The first-order chi connectivity index (χ1) is 9.01. The number of benzene rings is 1. The predicted molar refractivity (Wildman–Crippen MR) is 77.0 cm³/mol. The largest absolute Gasteiger partial charge is 0.478 e. The highest BCUT2D eigenvalue weighted by molar-refractivity contribution is 9.10. The molecule has 0 saturated carbocycles. The van der Waals surface area contributed by atoms with Gasteiger partial charge in [0.25, 0.3) is 0 Å². The van der Waals surface area contributed by atoms with Crippen LogP contribution in [0.1, 0.15) is 23.0 Å².